The van der Waals surface area contributed by atoms with Crippen LogP contribution in [0.15, 0.2) is 23.4 Å². The smallest absolute Gasteiger partial charge is 0.339 e. The van der Waals surface area contributed by atoms with Gasteiger partial charge in [-0.2, -0.15) is 0 Å². The van der Waals surface area contributed by atoms with Crippen LogP contribution in [0.3, 0.4) is 0 Å². The first-order valence-corrected chi connectivity index (χ1v) is 7.54. The van der Waals surface area contributed by atoms with Crippen molar-refractivity contribution in [1.82, 2.24) is 0 Å². The van der Waals surface area contributed by atoms with Gasteiger partial charge < -0.3 is 24.9 Å². The largest absolute Gasteiger partial charge is 0.496 e. The number of nitrogens with zero attached hydrogens (tertiary/aromatic N) is 1. The average molecular weight is 319 g/mol. The minimum atomic E-state index is -1.08. The van der Waals surface area contributed by atoms with Crippen molar-refractivity contribution in [3.05, 3.63) is 29.3 Å². The summed E-state index contributed by atoms with van der Waals surface area (Å²) in [6, 6.07) is 4.85. The molecular weight excluding hydrogens is 302 g/mol. The molecule has 2 fully saturated rings. The third-order valence-corrected chi connectivity index (χ3v) is 5.32. The molecule has 2 bridgehead atoms. The number of oxime groups is 1. The van der Waals surface area contributed by atoms with Gasteiger partial charge in [0.2, 0.25) is 0 Å². The maximum Gasteiger partial charge on any atom is 0.339 e. The number of fused-ring (bicyclic) bond motifs is 5. The monoisotopic (exact) mass is 319 g/mol. The average Bonchev–Trinajstić information content (AvgIpc) is 3.19. The summed E-state index contributed by atoms with van der Waals surface area (Å²) in [5.74, 6) is -1.16. The lowest BCUT2D eigenvalue weighted by Crippen LogP contribution is -2.45. The molecule has 1 aromatic rings. The van der Waals surface area contributed by atoms with E-state index in [2.05, 4.69) is 5.16 Å². The molecule has 2 aliphatic carbocycles. The number of aliphatic hydroxyl groups excluding tert-OH is 2. The SMILES string of the molecule is COc1ccc(C2=NOC3C4CC(C(O)C4O)C23)cc1C(=O)O. The topological polar surface area (TPSA) is 109 Å². The fraction of sp³-hybridized carbons (Fsp3) is 0.500. The van der Waals surface area contributed by atoms with Crippen molar-refractivity contribution in [2.75, 3.05) is 7.11 Å². The minimum Gasteiger partial charge on any atom is -0.496 e. The van der Waals surface area contributed by atoms with Gasteiger partial charge in [-0.05, 0) is 24.6 Å². The quantitative estimate of drug-likeness (QED) is 0.748. The van der Waals surface area contributed by atoms with Gasteiger partial charge in [-0.1, -0.05) is 5.16 Å². The van der Waals surface area contributed by atoms with E-state index in [4.69, 9.17) is 9.57 Å². The number of ether oxygens (including phenoxy) is 1. The molecule has 0 amide bonds. The molecule has 0 saturated heterocycles. The van der Waals surface area contributed by atoms with Gasteiger partial charge in [0.1, 0.15) is 17.4 Å². The van der Waals surface area contributed by atoms with E-state index < -0.39 is 18.2 Å². The zero-order valence-electron chi connectivity index (χ0n) is 12.4. The van der Waals surface area contributed by atoms with Gasteiger partial charge in [0, 0.05) is 17.4 Å². The second-order valence-corrected chi connectivity index (χ2v) is 6.34. The molecular formula is C16H17NO6. The van der Waals surface area contributed by atoms with Crippen molar-refractivity contribution in [2.45, 2.75) is 24.7 Å². The summed E-state index contributed by atoms with van der Waals surface area (Å²) in [5, 5.41) is 33.6. The number of methoxy groups -OCH3 is 1. The van der Waals surface area contributed by atoms with Crippen LogP contribution in [0, 0.1) is 17.8 Å². The second-order valence-electron chi connectivity index (χ2n) is 6.34. The Morgan fingerprint density at radius 1 is 1.30 bits per heavy atom. The number of hydrogen-bond donors (Lipinski definition) is 3. The number of aromatic carboxylic acids is 1. The molecule has 0 spiro atoms. The number of hydrogen-bond acceptors (Lipinski definition) is 6. The molecule has 6 atom stereocenters. The highest BCUT2D eigenvalue weighted by atomic mass is 16.6. The van der Waals surface area contributed by atoms with Gasteiger partial charge in [-0.25, -0.2) is 4.79 Å². The van der Waals surface area contributed by atoms with E-state index in [1.54, 1.807) is 12.1 Å². The lowest BCUT2D eigenvalue weighted by molar-refractivity contribution is -0.0834. The van der Waals surface area contributed by atoms with E-state index >= 15 is 0 Å². The molecule has 1 heterocycles. The number of carbonyl (C=O) groups is 1. The first-order chi connectivity index (χ1) is 11.0. The van der Waals surface area contributed by atoms with Crippen molar-refractivity contribution < 1.29 is 29.7 Å². The predicted octanol–water partition coefficient (Wildman–Crippen LogP) is 0.484. The van der Waals surface area contributed by atoms with E-state index in [0.29, 0.717) is 17.7 Å². The minimum absolute atomic E-state index is 0.0555. The third-order valence-electron chi connectivity index (χ3n) is 5.32. The zero-order valence-corrected chi connectivity index (χ0v) is 12.4. The van der Waals surface area contributed by atoms with E-state index in [9.17, 15) is 20.1 Å². The highest BCUT2D eigenvalue weighted by molar-refractivity contribution is 6.05. The second kappa shape index (κ2) is 4.94. The number of rotatable bonds is 3. The lowest BCUT2D eigenvalue weighted by atomic mass is 9.78. The Morgan fingerprint density at radius 2 is 2.04 bits per heavy atom. The normalized spacial score (nSPS) is 37.3. The summed E-state index contributed by atoms with van der Waals surface area (Å²) in [4.78, 5) is 16.9. The summed E-state index contributed by atoms with van der Waals surface area (Å²) < 4.78 is 5.07. The van der Waals surface area contributed by atoms with Gasteiger partial charge in [0.15, 0.2) is 0 Å². The Bertz CT molecular complexity index is 702. The molecule has 0 radical (unpaired) electrons. The van der Waals surface area contributed by atoms with Crippen LogP contribution in [0.2, 0.25) is 0 Å². The molecule has 4 rings (SSSR count). The van der Waals surface area contributed by atoms with Gasteiger partial charge in [-0.3, -0.25) is 0 Å². The molecule has 122 valence electrons. The number of aliphatic hydroxyl groups is 2. The van der Waals surface area contributed by atoms with E-state index in [1.807, 2.05) is 0 Å². The summed E-state index contributed by atoms with van der Waals surface area (Å²) in [7, 11) is 1.42. The van der Waals surface area contributed by atoms with E-state index in [1.165, 1.54) is 13.2 Å². The van der Waals surface area contributed by atoms with E-state index in [0.717, 1.165) is 0 Å². The van der Waals surface area contributed by atoms with Crippen LogP contribution >= 0.6 is 0 Å². The Kier molecular flexibility index (Phi) is 3.11. The summed E-state index contributed by atoms with van der Waals surface area (Å²) in [6.07, 6.45) is -1.12. The van der Waals surface area contributed by atoms with Crippen LogP contribution in [0.4, 0.5) is 0 Å². The lowest BCUT2D eigenvalue weighted by Gasteiger charge is -2.31. The molecule has 3 N–H and O–H groups in total. The molecule has 23 heavy (non-hydrogen) atoms. The Balaban J connectivity index is 1.70. The van der Waals surface area contributed by atoms with Crippen molar-refractivity contribution >= 4 is 11.7 Å². The van der Waals surface area contributed by atoms with Gasteiger partial charge >= 0.3 is 5.97 Å². The first kappa shape index (κ1) is 14.5. The maximum atomic E-state index is 11.4. The molecule has 7 nitrogen and oxygen atoms in total. The molecule has 0 aromatic heterocycles. The van der Waals surface area contributed by atoms with Gasteiger partial charge in [0.05, 0.1) is 30.9 Å². The molecule has 2 saturated carbocycles. The molecule has 1 aliphatic heterocycles. The van der Waals surface area contributed by atoms with Crippen LogP contribution in [0.25, 0.3) is 0 Å². The van der Waals surface area contributed by atoms with Crippen LogP contribution in [0.5, 0.6) is 5.75 Å². The van der Waals surface area contributed by atoms with Crippen molar-refractivity contribution in [3.8, 4) is 5.75 Å². The Hall–Kier alpha value is -2.12. The summed E-state index contributed by atoms with van der Waals surface area (Å²) in [6.45, 7) is 0. The number of carboxylic acids is 1. The van der Waals surface area contributed by atoms with Crippen LogP contribution in [0.1, 0.15) is 22.3 Å². The zero-order chi connectivity index (χ0) is 16.3. The first-order valence-electron chi connectivity index (χ1n) is 7.54. The van der Waals surface area contributed by atoms with Crippen LogP contribution < -0.4 is 4.74 Å². The third kappa shape index (κ3) is 1.90. The molecule has 7 heteroatoms. The maximum absolute atomic E-state index is 11.4. The van der Waals surface area contributed by atoms with Crippen molar-refractivity contribution in [2.24, 2.45) is 22.9 Å². The molecule has 1 aromatic carbocycles. The molecule has 3 aliphatic rings. The summed E-state index contributed by atoms with van der Waals surface area (Å²) in [5.41, 5.74) is 1.34. The van der Waals surface area contributed by atoms with Crippen LogP contribution in [-0.2, 0) is 4.84 Å². The number of benzene rings is 1. The van der Waals surface area contributed by atoms with Gasteiger partial charge in [-0.15, -0.1) is 0 Å². The highest BCUT2D eigenvalue weighted by Crippen LogP contribution is 2.53. The fourth-order valence-corrected chi connectivity index (χ4v) is 4.26. The molecule has 6 unspecified atom stereocenters. The summed E-state index contributed by atoms with van der Waals surface area (Å²) >= 11 is 0. The number of carboxylic acid groups (broad SMARTS) is 1. The Morgan fingerprint density at radius 3 is 2.74 bits per heavy atom. The van der Waals surface area contributed by atoms with Crippen LogP contribution in [-0.4, -0.2) is 52.4 Å². The van der Waals surface area contributed by atoms with Crippen molar-refractivity contribution in [3.63, 3.8) is 0 Å². The van der Waals surface area contributed by atoms with E-state index in [-0.39, 0.29) is 35.2 Å². The van der Waals surface area contributed by atoms with Gasteiger partial charge in [0.25, 0.3) is 0 Å². The van der Waals surface area contributed by atoms with Crippen molar-refractivity contribution in [1.29, 1.82) is 0 Å². The fourth-order valence-electron chi connectivity index (χ4n) is 4.26. The highest BCUT2D eigenvalue weighted by Gasteiger charge is 2.62. The predicted molar refractivity (Wildman–Crippen MR) is 78.5 cm³/mol. The standard InChI is InChI=1S/C16H17NO6/c1-22-10-3-2-6(4-7(10)16(20)21)12-11-8-5-9(14(19)13(8)18)15(11)23-17-12/h2-4,8-9,11,13-15,18-19H,5H2,1H3,(H,20,21). The Labute approximate surface area is 132 Å².